The fourth-order valence-electron chi connectivity index (χ4n) is 3.09. The van der Waals surface area contributed by atoms with E-state index in [9.17, 15) is 9.90 Å². The van der Waals surface area contributed by atoms with Crippen molar-refractivity contribution in [1.29, 1.82) is 0 Å². The van der Waals surface area contributed by atoms with Crippen LogP contribution in [-0.2, 0) is 22.3 Å². The molecule has 2 aliphatic carbocycles. The van der Waals surface area contributed by atoms with Crippen LogP contribution in [0.1, 0.15) is 72.9 Å². The van der Waals surface area contributed by atoms with Gasteiger partial charge in [-0.25, -0.2) is 4.79 Å². The van der Waals surface area contributed by atoms with Gasteiger partial charge >= 0.3 is 5.97 Å². The van der Waals surface area contributed by atoms with Crippen LogP contribution in [0.3, 0.4) is 0 Å². The van der Waals surface area contributed by atoms with Crippen LogP contribution in [0, 0.1) is 0 Å². The first kappa shape index (κ1) is 17.0. The first-order chi connectivity index (χ1) is 10.7. The van der Waals surface area contributed by atoms with Crippen LogP contribution >= 0.6 is 0 Å². The normalized spacial score (nSPS) is 16.3. The molecule has 0 aliphatic heterocycles. The predicted molar refractivity (Wildman–Crippen MR) is 84.9 cm³/mol. The van der Waals surface area contributed by atoms with Crippen molar-refractivity contribution in [3.05, 3.63) is 34.4 Å². The van der Waals surface area contributed by atoms with Gasteiger partial charge in [0.1, 0.15) is 0 Å². The number of esters is 1. The highest BCUT2D eigenvalue weighted by Gasteiger charge is 2.26. The van der Waals surface area contributed by atoms with Crippen molar-refractivity contribution >= 4 is 5.97 Å². The van der Waals surface area contributed by atoms with Gasteiger partial charge in [-0.2, -0.15) is 0 Å². The molecule has 0 spiro atoms. The van der Waals surface area contributed by atoms with Crippen LogP contribution in [0.25, 0.3) is 0 Å². The molecule has 3 rings (SSSR count). The van der Waals surface area contributed by atoms with Gasteiger partial charge < -0.3 is 14.6 Å². The van der Waals surface area contributed by atoms with E-state index >= 15 is 0 Å². The van der Waals surface area contributed by atoms with Gasteiger partial charge in [-0.15, -0.1) is 0 Å². The summed E-state index contributed by atoms with van der Waals surface area (Å²) in [6.45, 7) is 4.35. The summed E-state index contributed by atoms with van der Waals surface area (Å²) < 4.78 is 10.6. The van der Waals surface area contributed by atoms with E-state index in [1.54, 1.807) is 6.92 Å². The maximum atomic E-state index is 12.5. The quantitative estimate of drug-likeness (QED) is 0.667. The van der Waals surface area contributed by atoms with E-state index in [1.807, 2.05) is 19.1 Å². The number of benzene rings is 1. The molecule has 0 radical (unpaired) electrons. The molecule has 1 aromatic carbocycles. The highest BCUT2D eigenvalue weighted by molar-refractivity contribution is 5.93. The summed E-state index contributed by atoms with van der Waals surface area (Å²) in [7, 11) is 0. The fraction of sp³-hybridized carbons (Fsp3) is 0.611. The van der Waals surface area contributed by atoms with Gasteiger partial charge in [0, 0.05) is 12.2 Å². The highest BCUT2D eigenvalue weighted by atomic mass is 16.6. The molecule has 1 aromatic rings. The van der Waals surface area contributed by atoms with Crippen molar-refractivity contribution in [3.63, 3.8) is 0 Å². The number of carbonyl (C=O) groups is 1. The van der Waals surface area contributed by atoms with E-state index in [-0.39, 0.29) is 5.97 Å². The second-order valence-corrected chi connectivity index (χ2v) is 5.61. The Morgan fingerprint density at radius 1 is 1.09 bits per heavy atom. The van der Waals surface area contributed by atoms with Gasteiger partial charge in [-0.1, -0.05) is 25.0 Å². The van der Waals surface area contributed by atoms with Crippen LogP contribution in [0.4, 0.5) is 0 Å². The Morgan fingerprint density at radius 2 is 1.73 bits per heavy atom. The lowest BCUT2D eigenvalue weighted by atomic mass is 9.88. The average molecular weight is 306 g/mol. The minimum absolute atomic E-state index is 0.326. The standard InChI is InChI=1S/C18H26O4/c1-3-21-17(19)15-13-9-7-5-6-8-10-14(12-11-13)16(15)18(20)22-4-2/h11-12,17,19H,3-10H2,1-2H3. The minimum Gasteiger partial charge on any atom is -0.462 e. The van der Waals surface area contributed by atoms with Crippen molar-refractivity contribution in [1.82, 2.24) is 0 Å². The Labute approximate surface area is 132 Å². The predicted octanol–water partition coefficient (Wildman–Crippen LogP) is 3.55. The lowest BCUT2D eigenvalue weighted by Crippen LogP contribution is -2.18. The number of aryl methyl sites for hydroxylation is 2. The molecule has 0 heterocycles. The summed E-state index contributed by atoms with van der Waals surface area (Å²) in [5.74, 6) is -0.353. The summed E-state index contributed by atoms with van der Waals surface area (Å²) in [4.78, 5) is 12.5. The first-order valence-corrected chi connectivity index (χ1v) is 8.30. The molecule has 1 atom stereocenters. The molecule has 22 heavy (non-hydrogen) atoms. The van der Waals surface area contributed by atoms with Gasteiger partial charge in [-0.05, 0) is 50.7 Å². The van der Waals surface area contributed by atoms with E-state index in [2.05, 4.69) is 0 Å². The van der Waals surface area contributed by atoms with E-state index in [0.29, 0.717) is 24.3 Å². The van der Waals surface area contributed by atoms with Crippen LogP contribution in [0.5, 0.6) is 0 Å². The van der Waals surface area contributed by atoms with Crippen LogP contribution in [-0.4, -0.2) is 24.3 Å². The second-order valence-electron chi connectivity index (χ2n) is 5.61. The van der Waals surface area contributed by atoms with E-state index in [1.165, 1.54) is 12.8 Å². The summed E-state index contributed by atoms with van der Waals surface area (Å²) in [5.41, 5.74) is 3.08. The third-order valence-corrected chi connectivity index (χ3v) is 4.12. The second kappa shape index (κ2) is 8.30. The summed E-state index contributed by atoms with van der Waals surface area (Å²) in [6, 6.07) is 4.04. The van der Waals surface area contributed by atoms with Crippen LogP contribution < -0.4 is 0 Å². The minimum atomic E-state index is -1.07. The van der Waals surface area contributed by atoms with Gasteiger partial charge in [0.2, 0.25) is 0 Å². The van der Waals surface area contributed by atoms with Crippen LogP contribution in [0.2, 0.25) is 0 Å². The molecular weight excluding hydrogens is 280 g/mol. The summed E-state index contributed by atoms with van der Waals surface area (Å²) >= 11 is 0. The summed E-state index contributed by atoms with van der Waals surface area (Å²) in [6.07, 6.45) is 5.08. The number of hydrogen-bond acceptors (Lipinski definition) is 4. The van der Waals surface area contributed by atoms with Crippen molar-refractivity contribution in [2.75, 3.05) is 13.2 Å². The molecule has 2 bridgehead atoms. The van der Waals surface area contributed by atoms with E-state index in [4.69, 9.17) is 9.47 Å². The topological polar surface area (TPSA) is 55.8 Å². The average Bonchev–Trinajstić information content (AvgIpc) is 2.52. The number of hydrogen-bond donors (Lipinski definition) is 1. The molecule has 0 saturated carbocycles. The molecule has 0 saturated heterocycles. The molecule has 1 N–H and O–H groups in total. The summed E-state index contributed by atoms with van der Waals surface area (Å²) in [5, 5.41) is 10.4. The Kier molecular flexibility index (Phi) is 6.40. The first-order valence-electron chi connectivity index (χ1n) is 8.30. The van der Waals surface area contributed by atoms with Crippen molar-refractivity contribution in [3.8, 4) is 0 Å². The van der Waals surface area contributed by atoms with Gasteiger partial charge in [0.05, 0.1) is 12.2 Å². The Balaban J connectivity index is 2.54. The number of ether oxygens (including phenoxy) is 2. The lowest BCUT2D eigenvalue weighted by molar-refractivity contribution is -0.0990. The molecule has 4 nitrogen and oxygen atoms in total. The largest absolute Gasteiger partial charge is 0.462 e. The Hall–Kier alpha value is -1.39. The third kappa shape index (κ3) is 3.87. The Bertz CT molecular complexity index is 510. The zero-order valence-corrected chi connectivity index (χ0v) is 13.6. The van der Waals surface area contributed by atoms with Gasteiger partial charge in [0.25, 0.3) is 0 Å². The lowest BCUT2D eigenvalue weighted by Gasteiger charge is -2.22. The number of aliphatic hydroxyl groups is 1. The molecular formula is C18H26O4. The fourth-order valence-corrected chi connectivity index (χ4v) is 3.09. The van der Waals surface area contributed by atoms with E-state index < -0.39 is 6.29 Å². The molecule has 2 aliphatic rings. The number of aliphatic hydroxyl groups excluding tert-OH is 1. The molecule has 0 fully saturated rings. The number of rotatable bonds is 5. The SMILES string of the molecule is CCOC(=O)c1c2ccc(c1C(O)OCC)CCCCCC2. The molecule has 0 amide bonds. The zero-order valence-electron chi connectivity index (χ0n) is 13.6. The Morgan fingerprint density at radius 3 is 2.36 bits per heavy atom. The molecule has 1 unspecified atom stereocenters. The molecule has 0 aromatic heterocycles. The zero-order chi connectivity index (χ0) is 15.9. The third-order valence-electron chi connectivity index (χ3n) is 4.12. The maximum absolute atomic E-state index is 12.5. The van der Waals surface area contributed by atoms with Gasteiger partial charge in [-0.3, -0.25) is 0 Å². The monoisotopic (exact) mass is 306 g/mol. The highest BCUT2D eigenvalue weighted by Crippen LogP contribution is 2.31. The van der Waals surface area contributed by atoms with Crippen molar-refractivity contribution < 1.29 is 19.4 Å². The van der Waals surface area contributed by atoms with E-state index in [0.717, 1.165) is 36.8 Å². The smallest absolute Gasteiger partial charge is 0.338 e. The maximum Gasteiger partial charge on any atom is 0.338 e. The molecule has 4 heteroatoms. The van der Waals surface area contributed by atoms with Crippen LogP contribution in [0.15, 0.2) is 12.1 Å². The van der Waals surface area contributed by atoms with Crippen molar-refractivity contribution in [2.45, 2.75) is 58.7 Å². The number of carbonyl (C=O) groups excluding carboxylic acids is 1. The number of fused-ring (bicyclic) bond motifs is 7. The van der Waals surface area contributed by atoms with Crippen molar-refractivity contribution in [2.24, 2.45) is 0 Å². The molecule has 122 valence electrons. The van der Waals surface area contributed by atoms with Gasteiger partial charge in [0.15, 0.2) is 6.29 Å².